The molecule has 0 aliphatic carbocycles. The topological polar surface area (TPSA) is 141 Å². The first-order valence-electron chi connectivity index (χ1n) is 20.3. The molecule has 1 spiro atoms. The summed E-state index contributed by atoms with van der Waals surface area (Å²) in [5.74, 6) is 0.973. The van der Waals surface area contributed by atoms with Crippen LogP contribution in [-0.4, -0.2) is 131 Å². The largest absolute Gasteiger partial charge is 0.451 e. The molecule has 2 aromatic rings. The number of alkyl carbamates (subject to hydrolysis) is 1. The van der Waals surface area contributed by atoms with Gasteiger partial charge in [-0.1, -0.05) is 0 Å². The van der Waals surface area contributed by atoms with Gasteiger partial charge in [0.15, 0.2) is 11.6 Å². The standard InChI is InChI=1S/C40H61FN8O6S/c1-28(2)49(29(3)4)37(50)33-21-31(41)10-11-34(33)54-35-22-42-27-43-36(35)46-25-40(26-46)14-19-45(20-15-40)23-30-12-17-47(18-13-30)56(52,53)48-16-8-9-32(24-48)44-38(51)55-39(5,6)7/h10-11,21-22,27-30,32H,8-9,12-20,23-26H2,1-7H3,(H,44,51)/t32-/m1/s1. The van der Waals surface area contributed by atoms with Crippen molar-refractivity contribution in [2.45, 2.75) is 111 Å². The summed E-state index contributed by atoms with van der Waals surface area (Å²) in [6.07, 6.45) is 7.75. The first-order valence-corrected chi connectivity index (χ1v) is 21.6. The third-order valence-electron chi connectivity index (χ3n) is 11.5. The molecule has 0 saturated carbocycles. The van der Waals surface area contributed by atoms with Gasteiger partial charge in [0.05, 0.1) is 11.8 Å². The molecule has 1 aromatic heterocycles. The number of rotatable bonds is 11. The summed E-state index contributed by atoms with van der Waals surface area (Å²) in [7, 11) is -3.62. The van der Waals surface area contributed by atoms with Crippen LogP contribution in [-0.2, 0) is 14.9 Å². The van der Waals surface area contributed by atoms with E-state index in [9.17, 15) is 22.4 Å². The Morgan fingerprint density at radius 1 is 0.982 bits per heavy atom. The maximum Gasteiger partial charge on any atom is 0.407 e. The van der Waals surface area contributed by atoms with Crippen LogP contribution in [0.1, 0.15) is 97.3 Å². The molecule has 5 heterocycles. The van der Waals surface area contributed by atoms with Crippen LogP contribution < -0.4 is 15.0 Å². The van der Waals surface area contributed by atoms with Crippen LogP contribution >= 0.6 is 0 Å². The van der Waals surface area contributed by atoms with Gasteiger partial charge < -0.3 is 29.5 Å². The van der Waals surface area contributed by atoms with Crippen LogP contribution in [0.3, 0.4) is 0 Å². The number of carbonyl (C=O) groups is 2. The molecular weight excluding hydrogens is 740 g/mol. The normalized spacial score (nSPS) is 21.6. The summed E-state index contributed by atoms with van der Waals surface area (Å²) < 4.78 is 56.5. The van der Waals surface area contributed by atoms with Gasteiger partial charge in [-0.25, -0.2) is 19.2 Å². The average molecular weight is 801 g/mol. The maximum absolute atomic E-state index is 14.4. The Bertz CT molecular complexity index is 1790. The Kier molecular flexibility index (Phi) is 12.8. The highest BCUT2D eigenvalue weighted by molar-refractivity contribution is 7.86. The number of ether oxygens (including phenoxy) is 2. The van der Waals surface area contributed by atoms with Crippen molar-refractivity contribution >= 4 is 28.0 Å². The molecule has 0 unspecified atom stereocenters. The zero-order chi connectivity index (χ0) is 40.4. The summed E-state index contributed by atoms with van der Waals surface area (Å²) in [4.78, 5) is 41.1. The van der Waals surface area contributed by atoms with Gasteiger partial charge in [0.25, 0.3) is 16.1 Å². The Morgan fingerprint density at radius 3 is 2.30 bits per heavy atom. The molecule has 0 bridgehead atoms. The quantitative estimate of drug-likeness (QED) is 0.309. The Labute approximate surface area is 332 Å². The lowest BCUT2D eigenvalue weighted by Gasteiger charge is -2.54. The van der Waals surface area contributed by atoms with Crippen LogP contribution in [0.15, 0.2) is 30.7 Å². The molecule has 4 fully saturated rings. The SMILES string of the molecule is CC(C)N(C(=O)c1cc(F)ccc1Oc1cncnc1N1CC2(CCN(CC3CCN(S(=O)(=O)N4CCC[C@@H](NC(=O)OC(C)(C)C)C4)CC3)CC2)C1)C(C)C. The molecule has 310 valence electrons. The van der Waals surface area contributed by atoms with E-state index < -0.39 is 27.7 Å². The number of nitrogens with one attached hydrogen (secondary N) is 1. The summed E-state index contributed by atoms with van der Waals surface area (Å²) in [5.41, 5.74) is -0.283. The van der Waals surface area contributed by atoms with Crippen molar-refractivity contribution < 1.29 is 31.9 Å². The molecule has 56 heavy (non-hydrogen) atoms. The lowest BCUT2D eigenvalue weighted by atomic mass is 9.72. The fraction of sp³-hybridized carbons (Fsp3) is 0.700. The second kappa shape index (κ2) is 17.1. The molecule has 1 atom stereocenters. The van der Waals surface area contributed by atoms with Gasteiger partial charge >= 0.3 is 6.09 Å². The number of hydrogen-bond acceptors (Lipinski definition) is 10. The van der Waals surface area contributed by atoms with Gasteiger partial charge in [0.2, 0.25) is 0 Å². The number of aromatic nitrogens is 2. The predicted octanol–water partition coefficient (Wildman–Crippen LogP) is 5.52. The Hall–Kier alpha value is -3.60. The van der Waals surface area contributed by atoms with Crippen molar-refractivity contribution in [1.29, 1.82) is 0 Å². The van der Waals surface area contributed by atoms with Crippen molar-refractivity contribution in [3.63, 3.8) is 0 Å². The van der Waals surface area contributed by atoms with Crippen molar-refractivity contribution in [2.24, 2.45) is 11.3 Å². The van der Waals surface area contributed by atoms with Crippen LogP contribution in [0.4, 0.5) is 15.0 Å². The second-order valence-electron chi connectivity index (χ2n) is 17.7. The molecule has 16 heteroatoms. The minimum Gasteiger partial charge on any atom is -0.451 e. The van der Waals surface area contributed by atoms with E-state index in [0.29, 0.717) is 43.5 Å². The Morgan fingerprint density at radius 2 is 1.66 bits per heavy atom. The van der Waals surface area contributed by atoms with Crippen LogP contribution in [0.25, 0.3) is 0 Å². The number of carbonyl (C=O) groups excluding carboxylic acids is 2. The van der Waals surface area contributed by atoms with Crippen LogP contribution in [0.2, 0.25) is 0 Å². The lowest BCUT2D eigenvalue weighted by Crippen LogP contribution is -2.61. The van der Waals surface area contributed by atoms with Gasteiger partial charge in [0.1, 0.15) is 23.5 Å². The highest BCUT2D eigenvalue weighted by Gasteiger charge is 2.46. The summed E-state index contributed by atoms with van der Waals surface area (Å²) in [6, 6.07) is 3.59. The van der Waals surface area contributed by atoms with E-state index in [1.165, 1.54) is 28.8 Å². The Balaban J connectivity index is 0.977. The highest BCUT2D eigenvalue weighted by atomic mass is 32.2. The smallest absolute Gasteiger partial charge is 0.407 e. The van der Waals surface area contributed by atoms with Crippen LogP contribution in [0, 0.1) is 17.2 Å². The number of amides is 2. The van der Waals surface area contributed by atoms with Gasteiger partial charge in [-0.2, -0.15) is 17.0 Å². The fourth-order valence-electron chi connectivity index (χ4n) is 8.74. The first-order chi connectivity index (χ1) is 26.4. The second-order valence-corrected chi connectivity index (χ2v) is 19.6. The number of anilines is 1. The number of hydrogen-bond donors (Lipinski definition) is 1. The molecule has 4 aliphatic heterocycles. The number of piperidine rings is 3. The van der Waals surface area contributed by atoms with E-state index in [1.54, 1.807) is 36.2 Å². The number of likely N-dealkylation sites (tertiary alicyclic amines) is 1. The van der Waals surface area contributed by atoms with E-state index in [2.05, 4.69) is 25.1 Å². The minimum absolute atomic E-state index is 0.0773. The van der Waals surface area contributed by atoms with Crippen molar-refractivity contribution in [3.05, 3.63) is 42.1 Å². The van der Waals surface area contributed by atoms with E-state index in [4.69, 9.17) is 9.47 Å². The van der Waals surface area contributed by atoms with Crippen LogP contribution in [0.5, 0.6) is 11.5 Å². The molecule has 1 aromatic carbocycles. The van der Waals surface area contributed by atoms with Crippen molar-refractivity contribution in [2.75, 3.05) is 63.8 Å². The summed E-state index contributed by atoms with van der Waals surface area (Å²) in [5, 5.41) is 2.86. The molecule has 6 rings (SSSR count). The molecule has 2 amide bonds. The third-order valence-corrected chi connectivity index (χ3v) is 13.5. The fourth-order valence-corrected chi connectivity index (χ4v) is 10.5. The zero-order valence-corrected chi connectivity index (χ0v) is 35.0. The monoisotopic (exact) mass is 800 g/mol. The predicted molar refractivity (Wildman–Crippen MR) is 212 cm³/mol. The summed E-state index contributed by atoms with van der Waals surface area (Å²) >= 11 is 0. The number of benzene rings is 1. The molecule has 1 N–H and O–H groups in total. The average Bonchev–Trinajstić information content (AvgIpc) is 3.11. The highest BCUT2D eigenvalue weighted by Crippen LogP contribution is 2.45. The molecule has 14 nitrogen and oxygen atoms in total. The zero-order valence-electron chi connectivity index (χ0n) is 34.2. The van der Waals surface area contributed by atoms with E-state index >= 15 is 0 Å². The molecule has 0 radical (unpaired) electrons. The number of nitrogens with zero attached hydrogens (tertiary/aromatic N) is 7. The maximum atomic E-state index is 14.4. The third kappa shape index (κ3) is 9.91. The summed E-state index contributed by atoms with van der Waals surface area (Å²) in [6.45, 7) is 19.5. The van der Waals surface area contributed by atoms with Gasteiger partial charge in [0, 0.05) is 69.4 Å². The van der Waals surface area contributed by atoms with Crippen molar-refractivity contribution in [3.8, 4) is 11.5 Å². The van der Waals surface area contributed by atoms with E-state index in [1.807, 2.05) is 27.7 Å². The molecule has 4 aliphatic rings. The number of halogens is 1. The first kappa shape index (κ1) is 42.0. The van der Waals surface area contributed by atoms with Gasteiger partial charge in [-0.05, 0) is 124 Å². The van der Waals surface area contributed by atoms with Gasteiger partial charge in [-0.3, -0.25) is 4.79 Å². The minimum atomic E-state index is -3.62. The van der Waals surface area contributed by atoms with E-state index in [-0.39, 0.29) is 47.3 Å². The van der Waals surface area contributed by atoms with Gasteiger partial charge in [-0.15, -0.1) is 0 Å². The lowest BCUT2D eigenvalue weighted by molar-refractivity contribution is 0.0484. The van der Waals surface area contributed by atoms with E-state index in [0.717, 1.165) is 64.8 Å². The molecule has 4 saturated heterocycles. The van der Waals surface area contributed by atoms with Crippen molar-refractivity contribution in [1.82, 2.24) is 33.7 Å². The molecular formula is C40H61FN8O6S.